The molecule has 86 valence electrons. The Morgan fingerprint density at radius 2 is 2.12 bits per heavy atom. The van der Waals surface area contributed by atoms with Gasteiger partial charge in [-0.3, -0.25) is 5.32 Å². The van der Waals surface area contributed by atoms with E-state index in [0.717, 1.165) is 5.57 Å². The molecule has 0 aliphatic heterocycles. The molecule has 0 saturated heterocycles. The number of carbonyl (C=O) groups is 1. The fourth-order valence-electron chi connectivity index (χ4n) is 0.917. The van der Waals surface area contributed by atoms with Crippen LogP contribution in [-0.2, 0) is 4.74 Å². The molecular formula is C11H11Cl2NO2. The van der Waals surface area contributed by atoms with Crippen LogP contribution in [0.3, 0.4) is 0 Å². The van der Waals surface area contributed by atoms with Crippen LogP contribution in [0.25, 0.3) is 0 Å². The largest absolute Gasteiger partial charge is 0.445 e. The molecule has 0 bridgehead atoms. The molecule has 5 heteroatoms. The number of anilines is 1. The van der Waals surface area contributed by atoms with Gasteiger partial charge < -0.3 is 4.74 Å². The highest BCUT2D eigenvalue weighted by atomic mass is 35.5. The van der Waals surface area contributed by atoms with Gasteiger partial charge in [-0.05, 0) is 30.7 Å². The van der Waals surface area contributed by atoms with Crippen molar-refractivity contribution in [2.75, 3.05) is 11.9 Å². The summed E-state index contributed by atoms with van der Waals surface area (Å²) in [5.41, 5.74) is 1.30. The maximum absolute atomic E-state index is 11.3. The summed E-state index contributed by atoms with van der Waals surface area (Å²) in [6, 6.07) is 4.78. The van der Waals surface area contributed by atoms with Crippen molar-refractivity contribution in [3.05, 3.63) is 40.4 Å². The molecule has 1 aromatic rings. The van der Waals surface area contributed by atoms with Gasteiger partial charge in [0.05, 0.1) is 10.0 Å². The monoisotopic (exact) mass is 259 g/mol. The zero-order valence-corrected chi connectivity index (χ0v) is 10.2. The van der Waals surface area contributed by atoms with E-state index in [1.165, 1.54) is 0 Å². The summed E-state index contributed by atoms with van der Waals surface area (Å²) < 4.78 is 4.85. The number of hydrogen-bond acceptors (Lipinski definition) is 2. The predicted octanol–water partition coefficient (Wildman–Crippen LogP) is 4.12. The van der Waals surface area contributed by atoms with Crippen molar-refractivity contribution in [2.24, 2.45) is 0 Å². The Kier molecular flexibility index (Phi) is 4.65. The normalized spacial score (nSPS) is 9.69. The molecule has 0 atom stereocenters. The number of amides is 1. The van der Waals surface area contributed by atoms with Crippen molar-refractivity contribution in [2.45, 2.75) is 6.92 Å². The third-order valence-corrected chi connectivity index (χ3v) is 2.35. The van der Waals surface area contributed by atoms with Gasteiger partial charge in [-0.2, -0.15) is 0 Å². The van der Waals surface area contributed by atoms with Crippen molar-refractivity contribution in [3.8, 4) is 0 Å². The SMILES string of the molecule is C=C(C)COC(=O)Nc1ccc(Cl)c(Cl)c1. The Hall–Kier alpha value is -1.19. The Morgan fingerprint density at radius 1 is 1.44 bits per heavy atom. The average Bonchev–Trinajstić information content (AvgIpc) is 2.21. The highest BCUT2D eigenvalue weighted by Gasteiger charge is 2.04. The number of benzene rings is 1. The molecule has 1 rings (SSSR count). The van der Waals surface area contributed by atoms with E-state index in [-0.39, 0.29) is 6.61 Å². The smallest absolute Gasteiger partial charge is 0.411 e. The first kappa shape index (κ1) is 12.9. The molecular weight excluding hydrogens is 249 g/mol. The summed E-state index contributed by atoms with van der Waals surface area (Å²) >= 11 is 11.5. The van der Waals surface area contributed by atoms with Crippen LogP contribution >= 0.6 is 23.2 Å². The fourth-order valence-corrected chi connectivity index (χ4v) is 1.21. The number of nitrogens with one attached hydrogen (secondary N) is 1. The van der Waals surface area contributed by atoms with Crippen LogP contribution in [0.4, 0.5) is 10.5 Å². The first-order chi connectivity index (χ1) is 7.49. The van der Waals surface area contributed by atoms with Gasteiger partial charge in [0.15, 0.2) is 0 Å². The van der Waals surface area contributed by atoms with E-state index in [2.05, 4.69) is 11.9 Å². The molecule has 0 aliphatic rings. The molecule has 16 heavy (non-hydrogen) atoms. The molecule has 0 radical (unpaired) electrons. The molecule has 3 nitrogen and oxygen atoms in total. The Balaban J connectivity index is 2.56. The highest BCUT2D eigenvalue weighted by molar-refractivity contribution is 6.42. The van der Waals surface area contributed by atoms with Gasteiger partial charge >= 0.3 is 6.09 Å². The second-order valence-electron chi connectivity index (χ2n) is 3.29. The minimum Gasteiger partial charge on any atom is -0.445 e. The highest BCUT2D eigenvalue weighted by Crippen LogP contribution is 2.24. The number of carbonyl (C=O) groups excluding carboxylic acids is 1. The lowest BCUT2D eigenvalue weighted by Crippen LogP contribution is -2.14. The molecule has 1 N–H and O–H groups in total. The lowest BCUT2D eigenvalue weighted by Gasteiger charge is -2.07. The van der Waals surface area contributed by atoms with Gasteiger partial charge in [-0.25, -0.2) is 4.79 Å². The second kappa shape index (κ2) is 5.77. The van der Waals surface area contributed by atoms with Crippen LogP contribution < -0.4 is 5.32 Å². The van der Waals surface area contributed by atoms with Gasteiger partial charge in [0.2, 0.25) is 0 Å². The van der Waals surface area contributed by atoms with Crippen molar-refractivity contribution in [1.82, 2.24) is 0 Å². The van der Waals surface area contributed by atoms with E-state index in [9.17, 15) is 4.79 Å². The van der Waals surface area contributed by atoms with Crippen LogP contribution in [0.2, 0.25) is 10.0 Å². The molecule has 1 aromatic carbocycles. The van der Waals surface area contributed by atoms with Crippen molar-refractivity contribution < 1.29 is 9.53 Å². The summed E-state index contributed by atoms with van der Waals surface area (Å²) in [5, 5.41) is 3.33. The van der Waals surface area contributed by atoms with E-state index in [1.807, 2.05) is 0 Å². The second-order valence-corrected chi connectivity index (χ2v) is 4.10. The van der Waals surface area contributed by atoms with E-state index >= 15 is 0 Å². The van der Waals surface area contributed by atoms with Crippen molar-refractivity contribution in [3.63, 3.8) is 0 Å². The zero-order chi connectivity index (χ0) is 12.1. The summed E-state index contributed by atoms with van der Waals surface area (Å²) in [5.74, 6) is 0. The van der Waals surface area contributed by atoms with Gasteiger partial charge in [0, 0.05) is 5.69 Å². The lowest BCUT2D eigenvalue weighted by molar-refractivity contribution is 0.171. The van der Waals surface area contributed by atoms with Gasteiger partial charge in [-0.1, -0.05) is 29.8 Å². The average molecular weight is 260 g/mol. The first-order valence-electron chi connectivity index (χ1n) is 4.52. The fraction of sp³-hybridized carbons (Fsp3) is 0.182. The van der Waals surface area contributed by atoms with Crippen LogP contribution in [0.1, 0.15) is 6.92 Å². The standard InChI is InChI=1S/C11H11Cl2NO2/c1-7(2)6-16-11(15)14-8-3-4-9(12)10(13)5-8/h3-5H,1,6H2,2H3,(H,14,15). The lowest BCUT2D eigenvalue weighted by atomic mass is 10.3. The molecule has 0 aromatic heterocycles. The van der Waals surface area contributed by atoms with Crippen LogP contribution in [0.5, 0.6) is 0 Å². The summed E-state index contributed by atoms with van der Waals surface area (Å²) in [6.45, 7) is 5.57. The maximum atomic E-state index is 11.3. The van der Waals surface area contributed by atoms with Gasteiger partial charge in [0.25, 0.3) is 0 Å². The first-order valence-corrected chi connectivity index (χ1v) is 5.28. The molecule has 0 saturated carbocycles. The third-order valence-electron chi connectivity index (χ3n) is 1.62. The Labute approximate surface area is 104 Å². The molecule has 1 amide bonds. The number of halogens is 2. The summed E-state index contributed by atoms with van der Waals surface area (Å²) in [7, 11) is 0. The third kappa shape index (κ3) is 4.13. The van der Waals surface area contributed by atoms with Gasteiger partial charge in [-0.15, -0.1) is 0 Å². The van der Waals surface area contributed by atoms with Crippen molar-refractivity contribution >= 4 is 35.0 Å². The number of rotatable bonds is 3. The van der Waals surface area contributed by atoms with Crippen LogP contribution in [-0.4, -0.2) is 12.7 Å². The topological polar surface area (TPSA) is 38.3 Å². The molecule has 0 spiro atoms. The minimum atomic E-state index is -0.554. The minimum absolute atomic E-state index is 0.188. The van der Waals surface area contributed by atoms with Crippen LogP contribution in [0.15, 0.2) is 30.4 Å². The van der Waals surface area contributed by atoms with E-state index < -0.39 is 6.09 Å². The van der Waals surface area contributed by atoms with E-state index in [1.54, 1.807) is 25.1 Å². The van der Waals surface area contributed by atoms with E-state index in [4.69, 9.17) is 27.9 Å². The Morgan fingerprint density at radius 3 is 2.69 bits per heavy atom. The van der Waals surface area contributed by atoms with Gasteiger partial charge in [0.1, 0.15) is 6.61 Å². The zero-order valence-electron chi connectivity index (χ0n) is 8.72. The van der Waals surface area contributed by atoms with Crippen LogP contribution in [0, 0.1) is 0 Å². The van der Waals surface area contributed by atoms with Crippen molar-refractivity contribution in [1.29, 1.82) is 0 Å². The maximum Gasteiger partial charge on any atom is 0.411 e. The molecule has 0 unspecified atom stereocenters. The quantitative estimate of drug-likeness (QED) is 0.830. The molecule has 0 heterocycles. The number of ether oxygens (including phenoxy) is 1. The van der Waals surface area contributed by atoms with E-state index in [0.29, 0.717) is 15.7 Å². The molecule has 0 aliphatic carbocycles. The molecule has 0 fully saturated rings. The summed E-state index contributed by atoms with van der Waals surface area (Å²) in [6.07, 6.45) is -0.554. The Bertz CT molecular complexity index is 418. The predicted molar refractivity (Wildman–Crippen MR) is 66.2 cm³/mol. The summed E-state index contributed by atoms with van der Waals surface area (Å²) in [4.78, 5) is 11.3. The number of hydrogen-bond donors (Lipinski definition) is 1.